The maximum atomic E-state index is 5.85. The molecule has 0 fully saturated rings. The third-order valence-electron chi connectivity index (χ3n) is 2.66. The van der Waals surface area contributed by atoms with Gasteiger partial charge in [-0.1, -0.05) is 20.8 Å². The summed E-state index contributed by atoms with van der Waals surface area (Å²) >= 11 is 0. The smallest absolute Gasteiger partial charge is 0.130 e. The summed E-state index contributed by atoms with van der Waals surface area (Å²) in [4.78, 5) is 5.85. The van der Waals surface area contributed by atoms with E-state index in [4.69, 9.17) is 4.84 Å². The van der Waals surface area contributed by atoms with Crippen molar-refractivity contribution in [1.29, 1.82) is 0 Å². The molecule has 1 aromatic rings. The summed E-state index contributed by atoms with van der Waals surface area (Å²) < 4.78 is 1.92. The Hall–Kier alpha value is -0.920. The van der Waals surface area contributed by atoms with Gasteiger partial charge in [0.1, 0.15) is 6.10 Å². The van der Waals surface area contributed by atoms with Crippen LogP contribution in [-0.2, 0) is 6.42 Å². The molecule has 0 saturated heterocycles. The zero-order valence-corrected chi connectivity index (χ0v) is 8.58. The molecule has 1 unspecified atom stereocenters. The number of hydrogen-bond acceptors (Lipinski definition) is 1. The van der Waals surface area contributed by atoms with Crippen LogP contribution >= 0.6 is 0 Å². The van der Waals surface area contributed by atoms with E-state index >= 15 is 0 Å². The molecule has 2 heterocycles. The second kappa shape index (κ2) is 2.79. The highest BCUT2D eigenvalue weighted by Crippen LogP contribution is 2.27. The van der Waals surface area contributed by atoms with Crippen molar-refractivity contribution in [3.05, 3.63) is 24.0 Å². The van der Waals surface area contributed by atoms with Crippen molar-refractivity contribution in [2.45, 2.75) is 39.7 Å². The standard InChI is InChI=1S/C11H17NO/c1-11(2,3)10-7-6-9-5-4-8-12(9)13-10/h4-5,8,10H,6-7H2,1-3H3. The maximum Gasteiger partial charge on any atom is 0.130 e. The lowest BCUT2D eigenvalue weighted by Gasteiger charge is -2.34. The fourth-order valence-corrected chi connectivity index (χ4v) is 1.76. The van der Waals surface area contributed by atoms with E-state index in [9.17, 15) is 0 Å². The first-order valence-electron chi connectivity index (χ1n) is 4.91. The van der Waals surface area contributed by atoms with Crippen LogP contribution in [0.2, 0.25) is 0 Å². The van der Waals surface area contributed by atoms with Crippen molar-refractivity contribution in [3.63, 3.8) is 0 Å². The first-order chi connectivity index (χ1) is 6.07. The van der Waals surface area contributed by atoms with Gasteiger partial charge < -0.3 is 4.84 Å². The Bertz CT molecular complexity index is 295. The number of rotatable bonds is 0. The van der Waals surface area contributed by atoms with Crippen molar-refractivity contribution < 1.29 is 4.84 Å². The lowest BCUT2D eigenvalue weighted by molar-refractivity contribution is -0.0505. The largest absolute Gasteiger partial charge is 0.410 e. The molecule has 1 aromatic heterocycles. The Kier molecular flexibility index (Phi) is 1.86. The zero-order valence-electron chi connectivity index (χ0n) is 8.58. The van der Waals surface area contributed by atoms with Gasteiger partial charge in [0.05, 0.1) is 5.69 Å². The van der Waals surface area contributed by atoms with E-state index in [-0.39, 0.29) is 5.41 Å². The molecule has 1 atom stereocenters. The number of aromatic nitrogens is 1. The minimum absolute atomic E-state index is 0.238. The summed E-state index contributed by atoms with van der Waals surface area (Å²) in [6.45, 7) is 6.68. The molecule has 0 saturated carbocycles. The van der Waals surface area contributed by atoms with Crippen LogP contribution in [0.25, 0.3) is 0 Å². The molecule has 72 valence electrons. The Morgan fingerprint density at radius 1 is 1.46 bits per heavy atom. The van der Waals surface area contributed by atoms with E-state index in [2.05, 4.69) is 26.8 Å². The van der Waals surface area contributed by atoms with E-state index in [1.807, 2.05) is 17.0 Å². The molecule has 1 aliphatic rings. The van der Waals surface area contributed by atoms with Crippen molar-refractivity contribution in [2.24, 2.45) is 5.41 Å². The minimum Gasteiger partial charge on any atom is -0.410 e. The summed E-state index contributed by atoms with van der Waals surface area (Å²) in [7, 11) is 0. The highest BCUT2D eigenvalue weighted by molar-refractivity contribution is 5.08. The monoisotopic (exact) mass is 179 g/mol. The highest BCUT2D eigenvalue weighted by Gasteiger charge is 2.30. The normalized spacial score (nSPS) is 22.2. The van der Waals surface area contributed by atoms with Crippen molar-refractivity contribution in [1.82, 2.24) is 4.73 Å². The predicted molar refractivity (Wildman–Crippen MR) is 52.6 cm³/mol. The van der Waals surface area contributed by atoms with Gasteiger partial charge in [-0.2, -0.15) is 4.73 Å². The number of fused-ring (bicyclic) bond motifs is 1. The number of aryl methyl sites for hydroxylation is 1. The van der Waals surface area contributed by atoms with Crippen LogP contribution in [0.4, 0.5) is 0 Å². The first kappa shape index (κ1) is 8.67. The SMILES string of the molecule is CC(C)(C)C1CCc2cccn2O1. The van der Waals surface area contributed by atoms with Crippen molar-refractivity contribution >= 4 is 0 Å². The van der Waals surface area contributed by atoms with Crippen LogP contribution in [0.1, 0.15) is 32.9 Å². The fourth-order valence-electron chi connectivity index (χ4n) is 1.76. The predicted octanol–water partition coefficient (Wildman–Crippen LogP) is 2.28. The van der Waals surface area contributed by atoms with E-state index in [1.54, 1.807) is 0 Å². The van der Waals surface area contributed by atoms with E-state index in [0.29, 0.717) is 6.10 Å². The van der Waals surface area contributed by atoms with Gasteiger partial charge in [-0.15, -0.1) is 0 Å². The van der Waals surface area contributed by atoms with Gasteiger partial charge in [-0.3, -0.25) is 0 Å². The molecule has 0 N–H and O–H groups in total. The van der Waals surface area contributed by atoms with Crippen LogP contribution in [0.5, 0.6) is 0 Å². The van der Waals surface area contributed by atoms with Crippen molar-refractivity contribution in [3.8, 4) is 0 Å². The maximum absolute atomic E-state index is 5.85. The second-order valence-corrected chi connectivity index (χ2v) is 4.82. The molecule has 0 radical (unpaired) electrons. The number of hydrogen-bond donors (Lipinski definition) is 0. The topological polar surface area (TPSA) is 14.2 Å². The molecule has 0 amide bonds. The molecule has 13 heavy (non-hydrogen) atoms. The third kappa shape index (κ3) is 1.58. The van der Waals surface area contributed by atoms with Crippen molar-refractivity contribution in [2.75, 3.05) is 0 Å². The molecule has 2 rings (SSSR count). The highest BCUT2D eigenvalue weighted by atomic mass is 16.7. The minimum atomic E-state index is 0.238. The summed E-state index contributed by atoms with van der Waals surface area (Å²) in [5.41, 5.74) is 1.53. The molecule has 1 aliphatic heterocycles. The molecule has 0 aliphatic carbocycles. The van der Waals surface area contributed by atoms with Crippen LogP contribution in [0, 0.1) is 5.41 Å². The van der Waals surface area contributed by atoms with Gasteiger partial charge in [-0.05, 0) is 25.0 Å². The fraction of sp³-hybridized carbons (Fsp3) is 0.636. The molecule has 0 spiro atoms. The average molecular weight is 179 g/mol. The van der Waals surface area contributed by atoms with E-state index in [1.165, 1.54) is 5.69 Å². The lowest BCUT2D eigenvalue weighted by Crippen LogP contribution is -2.40. The molecule has 0 bridgehead atoms. The molecule has 2 heteroatoms. The van der Waals surface area contributed by atoms with E-state index in [0.717, 1.165) is 12.8 Å². The van der Waals surface area contributed by atoms with Gasteiger partial charge in [0, 0.05) is 11.6 Å². The Balaban J connectivity index is 2.18. The van der Waals surface area contributed by atoms with Gasteiger partial charge >= 0.3 is 0 Å². The summed E-state index contributed by atoms with van der Waals surface area (Å²) in [5.74, 6) is 0. The van der Waals surface area contributed by atoms with Gasteiger partial charge in [-0.25, -0.2) is 0 Å². The second-order valence-electron chi connectivity index (χ2n) is 4.82. The molecule has 2 nitrogen and oxygen atoms in total. The van der Waals surface area contributed by atoms with Crippen LogP contribution < -0.4 is 4.84 Å². The molecular weight excluding hydrogens is 162 g/mol. The average Bonchev–Trinajstić information content (AvgIpc) is 2.47. The van der Waals surface area contributed by atoms with Gasteiger partial charge in [0.2, 0.25) is 0 Å². The Morgan fingerprint density at radius 3 is 2.92 bits per heavy atom. The van der Waals surface area contributed by atoms with Gasteiger partial charge in [0.15, 0.2) is 0 Å². The van der Waals surface area contributed by atoms with Crippen LogP contribution in [-0.4, -0.2) is 10.8 Å². The third-order valence-corrected chi connectivity index (χ3v) is 2.66. The van der Waals surface area contributed by atoms with E-state index < -0.39 is 0 Å². The lowest BCUT2D eigenvalue weighted by atomic mass is 9.86. The molecule has 0 aromatic carbocycles. The van der Waals surface area contributed by atoms with Crippen LogP contribution in [0.3, 0.4) is 0 Å². The summed E-state index contributed by atoms with van der Waals surface area (Å²) in [6.07, 6.45) is 4.60. The Morgan fingerprint density at radius 2 is 2.23 bits per heavy atom. The van der Waals surface area contributed by atoms with Gasteiger partial charge in [0.25, 0.3) is 0 Å². The summed E-state index contributed by atoms with van der Waals surface area (Å²) in [5, 5.41) is 0. The zero-order chi connectivity index (χ0) is 9.47. The Labute approximate surface area is 79.5 Å². The quantitative estimate of drug-likeness (QED) is 0.596. The first-order valence-corrected chi connectivity index (χ1v) is 4.91. The summed E-state index contributed by atoms with van der Waals surface area (Å²) in [6, 6.07) is 4.17. The number of nitrogens with zero attached hydrogens (tertiary/aromatic N) is 1. The van der Waals surface area contributed by atoms with Crippen LogP contribution in [0.15, 0.2) is 18.3 Å². The molecular formula is C11H17NO.